The Hall–Kier alpha value is -1.61. The molecule has 1 heterocycles. The molecule has 3 nitrogen and oxygen atoms in total. The molecule has 0 spiro atoms. The molecule has 1 N–H and O–H groups in total. The smallest absolute Gasteiger partial charge is 0.335 e. The summed E-state index contributed by atoms with van der Waals surface area (Å²) in [6.45, 7) is 3.80. The molecule has 1 aliphatic heterocycles. The molecule has 1 aliphatic rings. The monoisotopic (exact) mass is 231 g/mol. The minimum atomic E-state index is -0.849. The van der Waals surface area contributed by atoms with E-state index in [2.05, 4.69) is 18.0 Å². The number of carboxylic acids is 1. The number of carbonyl (C=O) groups is 1. The fourth-order valence-corrected chi connectivity index (χ4v) is 2.09. The Balaban J connectivity index is 2.34. The van der Waals surface area contributed by atoms with Gasteiger partial charge in [0.1, 0.15) is 0 Å². The van der Waals surface area contributed by atoms with Crippen molar-refractivity contribution < 1.29 is 9.90 Å². The molecular formula is C14H17NO2. The zero-order valence-corrected chi connectivity index (χ0v) is 10.2. The maximum absolute atomic E-state index is 11.1. The third-order valence-electron chi connectivity index (χ3n) is 3.25. The van der Waals surface area contributed by atoms with Gasteiger partial charge in [-0.15, -0.1) is 0 Å². The van der Waals surface area contributed by atoms with Crippen molar-refractivity contribution in [3.63, 3.8) is 0 Å². The molecule has 0 saturated carbocycles. The Kier molecular flexibility index (Phi) is 3.29. The first-order valence-electron chi connectivity index (χ1n) is 5.80. The van der Waals surface area contributed by atoms with E-state index >= 15 is 0 Å². The number of benzene rings is 1. The largest absolute Gasteiger partial charge is 0.478 e. The molecule has 0 saturated heterocycles. The summed E-state index contributed by atoms with van der Waals surface area (Å²) in [5.74, 6) is -0.849. The topological polar surface area (TPSA) is 40.5 Å². The maximum atomic E-state index is 11.1. The number of hydrogen-bond acceptors (Lipinski definition) is 2. The lowest BCUT2D eigenvalue weighted by atomic mass is 9.96. The SMILES string of the molecule is Cc1ccc(C2=CCN(C)CC2)cc1C(=O)O. The molecule has 0 unspecified atom stereocenters. The van der Waals surface area contributed by atoms with Crippen LogP contribution in [0.2, 0.25) is 0 Å². The molecule has 1 aromatic rings. The standard InChI is InChI=1S/C14H17NO2/c1-10-3-4-12(9-13(10)14(16)17)11-5-7-15(2)8-6-11/h3-5,9H,6-8H2,1-2H3,(H,16,17). The molecule has 90 valence electrons. The third kappa shape index (κ3) is 2.56. The fourth-order valence-electron chi connectivity index (χ4n) is 2.09. The highest BCUT2D eigenvalue weighted by atomic mass is 16.4. The van der Waals surface area contributed by atoms with Crippen LogP contribution in [-0.2, 0) is 0 Å². The maximum Gasteiger partial charge on any atom is 0.335 e. The molecule has 0 amide bonds. The summed E-state index contributed by atoms with van der Waals surface area (Å²) < 4.78 is 0. The molecule has 0 aliphatic carbocycles. The number of rotatable bonds is 2. The molecule has 17 heavy (non-hydrogen) atoms. The van der Waals surface area contributed by atoms with Crippen LogP contribution in [0.3, 0.4) is 0 Å². The highest BCUT2D eigenvalue weighted by Crippen LogP contribution is 2.24. The molecule has 0 atom stereocenters. The summed E-state index contributed by atoms with van der Waals surface area (Å²) in [6.07, 6.45) is 3.17. The quantitative estimate of drug-likeness (QED) is 0.849. The van der Waals surface area contributed by atoms with E-state index in [-0.39, 0.29) is 0 Å². The lowest BCUT2D eigenvalue weighted by Crippen LogP contribution is -2.23. The second-order valence-electron chi connectivity index (χ2n) is 4.58. The van der Waals surface area contributed by atoms with Crippen LogP contribution >= 0.6 is 0 Å². The Labute approximate surface area is 101 Å². The zero-order valence-electron chi connectivity index (χ0n) is 10.2. The molecule has 2 rings (SSSR count). The fraction of sp³-hybridized carbons (Fsp3) is 0.357. The van der Waals surface area contributed by atoms with Gasteiger partial charge in [-0.05, 0) is 43.2 Å². The number of likely N-dealkylation sites (N-methyl/N-ethyl adjacent to an activating group) is 1. The second-order valence-corrected chi connectivity index (χ2v) is 4.58. The van der Waals surface area contributed by atoms with Crippen LogP contribution < -0.4 is 0 Å². The number of aryl methyl sites for hydroxylation is 1. The Morgan fingerprint density at radius 2 is 2.18 bits per heavy atom. The van der Waals surface area contributed by atoms with E-state index in [1.54, 1.807) is 6.07 Å². The number of hydrogen-bond donors (Lipinski definition) is 1. The average molecular weight is 231 g/mol. The van der Waals surface area contributed by atoms with Gasteiger partial charge in [-0.1, -0.05) is 18.2 Å². The van der Waals surface area contributed by atoms with Gasteiger partial charge in [-0.3, -0.25) is 0 Å². The summed E-state index contributed by atoms with van der Waals surface area (Å²) in [5, 5.41) is 9.10. The second kappa shape index (κ2) is 4.72. The minimum absolute atomic E-state index is 0.405. The van der Waals surface area contributed by atoms with Crippen molar-refractivity contribution in [2.45, 2.75) is 13.3 Å². The van der Waals surface area contributed by atoms with E-state index in [1.807, 2.05) is 19.1 Å². The van der Waals surface area contributed by atoms with E-state index < -0.39 is 5.97 Å². The van der Waals surface area contributed by atoms with Gasteiger partial charge < -0.3 is 10.0 Å². The number of nitrogens with zero attached hydrogens (tertiary/aromatic N) is 1. The Morgan fingerprint density at radius 3 is 2.76 bits per heavy atom. The normalized spacial score (nSPS) is 16.7. The molecule has 0 fully saturated rings. The van der Waals surface area contributed by atoms with E-state index in [0.29, 0.717) is 5.56 Å². The van der Waals surface area contributed by atoms with Crippen LogP contribution in [0, 0.1) is 6.92 Å². The molecular weight excluding hydrogens is 214 g/mol. The van der Waals surface area contributed by atoms with Crippen molar-refractivity contribution in [1.82, 2.24) is 4.90 Å². The summed E-state index contributed by atoms with van der Waals surface area (Å²) in [7, 11) is 2.09. The molecule has 1 aromatic carbocycles. The van der Waals surface area contributed by atoms with E-state index in [0.717, 1.165) is 30.6 Å². The first-order chi connectivity index (χ1) is 8.08. The Morgan fingerprint density at radius 1 is 1.41 bits per heavy atom. The van der Waals surface area contributed by atoms with Crippen LogP contribution in [-0.4, -0.2) is 36.1 Å². The summed E-state index contributed by atoms with van der Waals surface area (Å²) in [4.78, 5) is 13.3. The van der Waals surface area contributed by atoms with Crippen molar-refractivity contribution in [2.75, 3.05) is 20.1 Å². The van der Waals surface area contributed by atoms with Gasteiger partial charge in [-0.2, -0.15) is 0 Å². The third-order valence-corrected chi connectivity index (χ3v) is 3.25. The van der Waals surface area contributed by atoms with Gasteiger partial charge in [0.15, 0.2) is 0 Å². The van der Waals surface area contributed by atoms with Gasteiger partial charge in [0.25, 0.3) is 0 Å². The van der Waals surface area contributed by atoms with Gasteiger partial charge in [0, 0.05) is 13.1 Å². The van der Waals surface area contributed by atoms with Gasteiger partial charge in [0.05, 0.1) is 5.56 Å². The molecule has 3 heteroatoms. The van der Waals surface area contributed by atoms with E-state index in [4.69, 9.17) is 5.11 Å². The highest BCUT2D eigenvalue weighted by Gasteiger charge is 2.13. The lowest BCUT2D eigenvalue weighted by Gasteiger charge is -2.22. The van der Waals surface area contributed by atoms with Crippen LogP contribution in [0.25, 0.3) is 5.57 Å². The van der Waals surface area contributed by atoms with Gasteiger partial charge in [0.2, 0.25) is 0 Å². The lowest BCUT2D eigenvalue weighted by molar-refractivity contribution is 0.0696. The van der Waals surface area contributed by atoms with Crippen molar-refractivity contribution in [3.05, 3.63) is 41.0 Å². The molecule has 0 bridgehead atoms. The molecule has 0 aromatic heterocycles. The number of aromatic carboxylic acids is 1. The zero-order chi connectivity index (χ0) is 12.4. The highest BCUT2D eigenvalue weighted by molar-refractivity contribution is 5.90. The summed E-state index contributed by atoms with van der Waals surface area (Å²) >= 11 is 0. The average Bonchev–Trinajstić information content (AvgIpc) is 2.30. The summed E-state index contributed by atoms with van der Waals surface area (Å²) in [6, 6.07) is 5.69. The van der Waals surface area contributed by atoms with Crippen molar-refractivity contribution >= 4 is 11.5 Å². The first kappa shape index (κ1) is 11.9. The van der Waals surface area contributed by atoms with Gasteiger partial charge >= 0.3 is 5.97 Å². The van der Waals surface area contributed by atoms with Crippen LogP contribution in [0.5, 0.6) is 0 Å². The molecule has 0 radical (unpaired) electrons. The van der Waals surface area contributed by atoms with Gasteiger partial charge in [-0.25, -0.2) is 4.79 Å². The predicted octanol–water partition coefficient (Wildman–Crippen LogP) is 2.41. The van der Waals surface area contributed by atoms with Crippen LogP contribution in [0.4, 0.5) is 0 Å². The van der Waals surface area contributed by atoms with E-state index in [9.17, 15) is 4.79 Å². The van der Waals surface area contributed by atoms with E-state index in [1.165, 1.54) is 5.57 Å². The first-order valence-corrected chi connectivity index (χ1v) is 5.80. The number of carboxylic acid groups (broad SMARTS) is 1. The predicted molar refractivity (Wildman–Crippen MR) is 68.2 cm³/mol. The van der Waals surface area contributed by atoms with Crippen molar-refractivity contribution in [1.29, 1.82) is 0 Å². The van der Waals surface area contributed by atoms with Crippen molar-refractivity contribution in [2.24, 2.45) is 0 Å². The minimum Gasteiger partial charge on any atom is -0.478 e. The van der Waals surface area contributed by atoms with Crippen LogP contribution in [0.1, 0.15) is 27.9 Å². The van der Waals surface area contributed by atoms with Crippen LogP contribution in [0.15, 0.2) is 24.3 Å². The Bertz CT molecular complexity index is 477. The van der Waals surface area contributed by atoms with Crippen molar-refractivity contribution in [3.8, 4) is 0 Å². The summed E-state index contributed by atoms with van der Waals surface area (Å²) in [5.41, 5.74) is 3.52.